The molecule has 0 aromatic heterocycles. The topological polar surface area (TPSA) is 32.5 Å². The standard InChI is InChI=1S/C10H21N3/c1-9(11)8-12-4-6-13(7-5-12)10-2-3-10/h9-10H,2-8,11H2,1H3/t9-/m1/s1. The molecule has 0 spiro atoms. The van der Waals surface area contributed by atoms with Crippen molar-refractivity contribution in [2.45, 2.75) is 31.8 Å². The Morgan fingerprint density at radius 3 is 2.31 bits per heavy atom. The number of piperazine rings is 1. The van der Waals surface area contributed by atoms with E-state index in [0.29, 0.717) is 6.04 Å². The summed E-state index contributed by atoms with van der Waals surface area (Å²) in [5.41, 5.74) is 5.77. The molecule has 0 bridgehead atoms. The summed E-state index contributed by atoms with van der Waals surface area (Å²) in [6.07, 6.45) is 2.88. The van der Waals surface area contributed by atoms with Crippen molar-refractivity contribution >= 4 is 0 Å². The van der Waals surface area contributed by atoms with Gasteiger partial charge in [-0.1, -0.05) is 0 Å². The molecule has 0 aromatic carbocycles. The summed E-state index contributed by atoms with van der Waals surface area (Å²) in [6.45, 7) is 8.12. The minimum absolute atomic E-state index is 0.326. The Kier molecular flexibility index (Phi) is 2.86. The smallest absolute Gasteiger partial charge is 0.0139 e. The summed E-state index contributed by atoms with van der Waals surface area (Å²) in [5.74, 6) is 0. The highest BCUT2D eigenvalue weighted by molar-refractivity contribution is 4.87. The molecular formula is C10H21N3. The van der Waals surface area contributed by atoms with Crippen LogP contribution in [0.5, 0.6) is 0 Å². The zero-order chi connectivity index (χ0) is 9.26. The van der Waals surface area contributed by atoms with E-state index in [-0.39, 0.29) is 0 Å². The number of rotatable bonds is 3. The van der Waals surface area contributed by atoms with Gasteiger partial charge in [-0.25, -0.2) is 0 Å². The van der Waals surface area contributed by atoms with Crippen LogP contribution in [0.4, 0.5) is 0 Å². The molecule has 2 aliphatic rings. The Morgan fingerprint density at radius 1 is 1.23 bits per heavy atom. The molecule has 1 aliphatic carbocycles. The molecule has 1 aliphatic heterocycles. The minimum Gasteiger partial charge on any atom is -0.327 e. The lowest BCUT2D eigenvalue weighted by Gasteiger charge is -2.35. The molecule has 1 heterocycles. The molecule has 3 heteroatoms. The third-order valence-electron chi connectivity index (χ3n) is 3.02. The van der Waals surface area contributed by atoms with Crippen molar-refractivity contribution in [2.75, 3.05) is 32.7 Å². The molecule has 0 aromatic rings. The fraction of sp³-hybridized carbons (Fsp3) is 1.00. The molecule has 1 atom stereocenters. The summed E-state index contributed by atoms with van der Waals surface area (Å²) in [6, 6.07) is 1.27. The van der Waals surface area contributed by atoms with Gasteiger partial charge in [-0.05, 0) is 19.8 Å². The third-order valence-corrected chi connectivity index (χ3v) is 3.02. The largest absolute Gasteiger partial charge is 0.327 e. The maximum atomic E-state index is 5.77. The van der Waals surface area contributed by atoms with Crippen molar-refractivity contribution < 1.29 is 0 Å². The zero-order valence-corrected chi connectivity index (χ0v) is 8.58. The predicted molar refractivity (Wildman–Crippen MR) is 54.7 cm³/mol. The number of nitrogens with zero attached hydrogens (tertiary/aromatic N) is 2. The molecule has 13 heavy (non-hydrogen) atoms. The van der Waals surface area contributed by atoms with Crippen molar-refractivity contribution in [3.8, 4) is 0 Å². The lowest BCUT2D eigenvalue weighted by Crippen LogP contribution is -2.49. The van der Waals surface area contributed by atoms with E-state index < -0.39 is 0 Å². The number of hydrogen-bond donors (Lipinski definition) is 1. The average Bonchev–Trinajstić information content (AvgIpc) is 2.87. The van der Waals surface area contributed by atoms with Gasteiger partial charge in [0.25, 0.3) is 0 Å². The molecule has 2 N–H and O–H groups in total. The highest BCUT2D eigenvalue weighted by Gasteiger charge is 2.30. The van der Waals surface area contributed by atoms with Crippen LogP contribution < -0.4 is 5.73 Å². The van der Waals surface area contributed by atoms with Crippen molar-refractivity contribution in [3.05, 3.63) is 0 Å². The maximum Gasteiger partial charge on any atom is 0.0139 e. The molecule has 3 nitrogen and oxygen atoms in total. The Morgan fingerprint density at radius 2 is 1.85 bits per heavy atom. The lowest BCUT2D eigenvalue weighted by atomic mass is 10.2. The molecular weight excluding hydrogens is 162 g/mol. The van der Waals surface area contributed by atoms with E-state index in [2.05, 4.69) is 16.7 Å². The molecule has 0 unspecified atom stereocenters. The average molecular weight is 183 g/mol. The third kappa shape index (κ3) is 2.66. The second-order valence-corrected chi connectivity index (χ2v) is 4.55. The predicted octanol–water partition coefficient (Wildman–Crippen LogP) is 0.114. The fourth-order valence-electron chi connectivity index (χ4n) is 2.16. The molecule has 1 saturated carbocycles. The first-order valence-corrected chi connectivity index (χ1v) is 5.47. The van der Waals surface area contributed by atoms with Crippen LogP contribution in [0.1, 0.15) is 19.8 Å². The van der Waals surface area contributed by atoms with Gasteiger partial charge in [0.1, 0.15) is 0 Å². The van der Waals surface area contributed by atoms with Crippen LogP contribution in [-0.4, -0.2) is 54.6 Å². The second kappa shape index (κ2) is 3.95. The molecule has 2 fully saturated rings. The van der Waals surface area contributed by atoms with E-state index in [9.17, 15) is 0 Å². The number of hydrogen-bond acceptors (Lipinski definition) is 3. The van der Waals surface area contributed by atoms with Crippen molar-refractivity contribution in [1.29, 1.82) is 0 Å². The van der Waals surface area contributed by atoms with Crippen molar-refractivity contribution in [3.63, 3.8) is 0 Å². The SMILES string of the molecule is C[C@@H](N)CN1CCN(C2CC2)CC1. The Balaban J connectivity index is 1.69. The van der Waals surface area contributed by atoms with E-state index in [1.807, 2.05) is 0 Å². The molecule has 0 radical (unpaired) electrons. The van der Waals surface area contributed by atoms with E-state index >= 15 is 0 Å². The molecule has 76 valence electrons. The van der Waals surface area contributed by atoms with E-state index in [1.165, 1.54) is 39.0 Å². The van der Waals surface area contributed by atoms with Crippen molar-refractivity contribution in [1.82, 2.24) is 9.80 Å². The van der Waals surface area contributed by atoms with Gasteiger partial charge in [-0.2, -0.15) is 0 Å². The van der Waals surface area contributed by atoms with Gasteiger partial charge in [0.2, 0.25) is 0 Å². The quantitative estimate of drug-likeness (QED) is 0.674. The normalized spacial score (nSPS) is 29.1. The zero-order valence-electron chi connectivity index (χ0n) is 8.58. The summed E-state index contributed by atoms with van der Waals surface area (Å²) >= 11 is 0. The second-order valence-electron chi connectivity index (χ2n) is 4.55. The minimum atomic E-state index is 0.326. The van der Waals surface area contributed by atoms with E-state index in [1.54, 1.807) is 0 Å². The van der Waals surface area contributed by atoms with E-state index in [0.717, 1.165) is 12.6 Å². The van der Waals surface area contributed by atoms with Gasteiger partial charge in [0.15, 0.2) is 0 Å². The van der Waals surface area contributed by atoms with Crippen LogP contribution in [0.2, 0.25) is 0 Å². The first-order valence-electron chi connectivity index (χ1n) is 5.47. The first kappa shape index (κ1) is 9.44. The van der Waals surface area contributed by atoms with Gasteiger partial charge < -0.3 is 5.73 Å². The molecule has 1 saturated heterocycles. The highest BCUT2D eigenvalue weighted by Crippen LogP contribution is 2.27. The van der Waals surface area contributed by atoms with Gasteiger partial charge in [-0.3, -0.25) is 9.80 Å². The van der Waals surface area contributed by atoms with Crippen molar-refractivity contribution in [2.24, 2.45) is 5.73 Å². The Labute approximate surface area is 80.9 Å². The summed E-state index contributed by atoms with van der Waals surface area (Å²) < 4.78 is 0. The van der Waals surface area contributed by atoms with Crippen LogP contribution in [0.25, 0.3) is 0 Å². The Hall–Kier alpha value is -0.120. The van der Waals surface area contributed by atoms with E-state index in [4.69, 9.17) is 5.73 Å². The first-order chi connectivity index (χ1) is 6.25. The fourth-order valence-corrected chi connectivity index (χ4v) is 2.16. The van der Waals surface area contributed by atoms with Crippen LogP contribution in [0, 0.1) is 0 Å². The lowest BCUT2D eigenvalue weighted by molar-refractivity contribution is 0.123. The van der Waals surface area contributed by atoms with Gasteiger partial charge in [0, 0.05) is 44.8 Å². The number of nitrogens with two attached hydrogens (primary N) is 1. The molecule has 2 rings (SSSR count). The summed E-state index contributed by atoms with van der Waals surface area (Å²) in [7, 11) is 0. The summed E-state index contributed by atoms with van der Waals surface area (Å²) in [5, 5.41) is 0. The van der Waals surface area contributed by atoms with Gasteiger partial charge in [-0.15, -0.1) is 0 Å². The maximum absolute atomic E-state index is 5.77. The molecule has 0 amide bonds. The van der Waals surface area contributed by atoms with Gasteiger partial charge >= 0.3 is 0 Å². The van der Waals surface area contributed by atoms with Crippen LogP contribution >= 0.6 is 0 Å². The van der Waals surface area contributed by atoms with Crippen LogP contribution in [0.3, 0.4) is 0 Å². The Bertz CT molecular complexity index is 158. The van der Waals surface area contributed by atoms with Gasteiger partial charge in [0.05, 0.1) is 0 Å². The van der Waals surface area contributed by atoms with Crippen LogP contribution in [0.15, 0.2) is 0 Å². The summed E-state index contributed by atoms with van der Waals surface area (Å²) in [4.78, 5) is 5.13. The monoisotopic (exact) mass is 183 g/mol. The van der Waals surface area contributed by atoms with Crippen LogP contribution in [-0.2, 0) is 0 Å². The highest BCUT2D eigenvalue weighted by atomic mass is 15.3.